The number of methoxy groups -OCH3 is 1. The molecule has 0 aliphatic carbocycles. The van der Waals surface area contributed by atoms with Gasteiger partial charge in [-0.05, 0) is 54.8 Å². The lowest BCUT2D eigenvalue weighted by Crippen LogP contribution is -2.30. The lowest BCUT2D eigenvalue weighted by Gasteiger charge is -2.29. The Balaban J connectivity index is 0.00000192. The number of halogens is 1. The quantitative estimate of drug-likeness (QED) is 0.892. The zero-order valence-corrected chi connectivity index (χ0v) is 14.6. The Labute approximate surface area is 145 Å². The highest BCUT2D eigenvalue weighted by Gasteiger charge is 2.20. The Bertz CT molecular complexity index is 618. The molecular weight excluding hydrogens is 308 g/mol. The maximum atomic E-state index is 5.26. The van der Waals surface area contributed by atoms with E-state index in [1.165, 1.54) is 22.5 Å². The van der Waals surface area contributed by atoms with Crippen molar-refractivity contribution in [2.24, 2.45) is 0 Å². The monoisotopic (exact) mass is 332 g/mol. The van der Waals surface area contributed by atoms with Crippen LogP contribution in [0.2, 0.25) is 0 Å². The number of hydrogen-bond acceptors (Lipinski definition) is 3. The standard InChI is InChI=1S/C19H24N2O.ClH/c1-21(16-6-4-3-5-7-16)17-9-8-15-10-12-20-19(11-13-22-2)18(15)14-17;/h3-9,14,19-20H,10-13H2,1-2H3;1H. The summed E-state index contributed by atoms with van der Waals surface area (Å²) in [5, 5.41) is 3.62. The molecule has 1 aliphatic heterocycles. The zero-order chi connectivity index (χ0) is 15.4. The van der Waals surface area contributed by atoms with Crippen LogP contribution in [-0.2, 0) is 11.2 Å². The SMILES string of the molecule is COCCC1NCCc2ccc(N(C)c3ccccc3)cc21.Cl. The molecule has 3 rings (SSSR count). The molecule has 1 aliphatic rings. The van der Waals surface area contributed by atoms with Gasteiger partial charge in [0.25, 0.3) is 0 Å². The molecule has 2 aromatic carbocycles. The second-order valence-corrected chi connectivity index (χ2v) is 5.82. The molecule has 0 fully saturated rings. The average Bonchev–Trinajstić information content (AvgIpc) is 2.59. The normalized spacial score (nSPS) is 16.3. The van der Waals surface area contributed by atoms with Gasteiger partial charge in [-0.3, -0.25) is 0 Å². The van der Waals surface area contributed by atoms with E-state index in [-0.39, 0.29) is 12.4 Å². The second kappa shape index (κ2) is 8.34. The predicted molar refractivity (Wildman–Crippen MR) is 99.1 cm³/mol. The van der Waals surface area contributed by atoms with Crippen LogP contribution >= 0.6 is 12.4 Å². The van der Waals surface area contributed by atoms with Gasteiger partial charge in [0.2, 0.25) is 0 Å². The summed E-state index contributed by atoms with van der Waals surface area (Å²) in [7, 11) is 3.89. The summed E-state index contributed by atoms with van der Waals surface area (Å²) in [5.74, 6) is 0. The third-order valence-corrected chi connectivity index (χ3v) is 4.43. The van der Waals surface area contributed by atoms with Crippen molar-refractivity contribution >= 4 is 23.8 Å². The van der Waals surface area contributed by atoms with E-state index in [1.54, 1.807) is 7.11 Å². The van der Waals surface area contributed by atoms with Gasteiger partial charge < -0.3 is 15.0 Å². The Kier molecular flexibility index (Phi) is 6.46. The summed E-state index contributed by atoms with van der Waals surface area (Å²) in [5.41, 5.74) is 5.32. The molecule has 0 spiro atoms. The lowest BCUT2D eigenvalue weighted by atomic mass is 9.92. The van der Waals surface area contributed by atoms with Gasteiger partial charge in [0.05, 0.1) is 0 Å². The van der Waals surface area contributed by atoms with Crippen LogP contribution < -0.4 is 10.2 Å². The molecule has 0 saturated heterocycles. The smallest absolute Gasteiger partial charge is 0.0480 e. The number of nitrogens with zero attached hydrogens (tertiary/aromatic N) is 1. The highest BCUT2D eigenvalue weighted by Crippen LogP contribution is 2.31. The second-order valence-electron chi connectivity index (χ2n) is 5.82. The minimum Gasteiger partial charge on any atom is -0.385 e. The molecule has 0 saturated carbocycles. The van der Waals surface area contributed by atoms with Crippen molar-refractivity contribution in [3.05, 3.63) is 59.7 Å². The van der Waals surface area contributed by atoms with E-state index < -0.39 is 0 Å². The van der Waals surface area contributed by atoms with Gasteiger partial charge in [-0.25, -0.2) is 0 Å². The molecule has 1 N–H and O–H groups in total. The summed E-state index contributed by atoms with van der Waals surface area (Å²) >= 11 is 0. The first-order valence-electron chi connectivity index (χ1n) is 7.93. The molecule has 23 heavy (non-hydrogen) atoms. The largest absolute Gasteiger partial charge is 0.385 e. The van der Waals surface area contributed by atoms with Crippen molar-refractivity contribution in [3.63, 3.8) is 0 Å². The number of para-hydroxylation sites is 1. The van der Waals surface area contributed by atoms with Crippen LogP contribution in [0.15, 0.2) is 48.5 Å². The fourth-order valence-corrected chi connectivity index (χ4v) is 3.13. The van der Waals surface area contributed by atoms with Gasteiger partial charge in [0.15, 0.2) is 0 Å². The van der Waals surface area contributed by atoms with E-state index >= 15 is 0 Å². The molecule has 0 aromatic heterocycles. The summed E-state index contributed by atoms with van der Waals surface area (Å²) in [6.45, 7) is 1.84. The summed E-state index contributed by atoms with van der Waals surface area (Å²) in [6.07, 6.45) is 2.12. The van der Waals surface area contributed by atoms with Crippen molar-refractivity contribution in [2.45, 2.75) is 18.9 Å². The molecule has 1 heterocycles. The molecule has 1 unspecified atom stereocenters. The molecule has 3 nitrogen and oxygen atoms in total. The Hall–Kier alpha value is -1.55. The minimum absolute atomic E-state index is 0. The van der Waals surface area contributed by atoms with Crippen LogP contribution in [0.3, 0.4) is 0 Å². The van der Waals surface area contributed by atoms with E-state index in [2.05, 4.69) is 65.8 Å². The van der Waals surface area contributed by atoms with Gasteiger partial charge >= 0.3 is 0 Å². The first kappa shape index (κ1) is 17.8. The Morgan fingerprint density at radius 2 is 1.91 bits per heavy atom. The van der Waals surface area contributed by atoms with Gasteiger partial charge in [-0.15, -0.1) is 12.4 Å². The molecule has 1 atom stereocenters. The van der Waals surface area contributed by atoms with Crippen molar-refractivity contribution in [2.75, 3.05) is 32.2 Å². The Morgan fingerprint density at radius 3 is 2.65 bits per heavy atom. The summed E-state index contributed by atoms with van der Waals surface area (Å²) in [4.78, 5) is 2.24. The third kappa shape index (κ3) is 4.05. The van der Waals surface area contributed by atoms with Crippen molar-refractivity contribution in [3.8, 4) is 0 Å². The van der Waals surface area contributed by atoms with Crippen LogP contribution in [0.5, 0.6) is 0 Å². The molecular formula is C19H25ClN2O. The highest BCUT2D eigenvalue weighted by atomic mass is 35.5. The van der Waals surface area contributed by atoms with Crippen molar-refractivity contribution in [1.29, 1.82) is 0 Å². The molecule has 4 heteroatoms. The maximum absolute atomic E-state index is 5.26. The molecule has 0 bridgehead atoms. The van der Waals surface area contributed by atoms with E-state index in [4.69, 9.17) is 4.74 Å². The fourth-order valence-electron chi connectivity index (χ4n) is 3.13. The van der Waals surface area contributed by atoms with Crippen LogP contribution in [0, 0.1) is 0 Å². The maximum Gasteiger partial charge on any atom is 0.0480 e. The van der Waals surface area contributed by atoms with Gasteiger partial charge in [0.1, 0.15) is 0 Å². The molecule has 2 aromatic rings. The molecule has 0 radical (unpaired) electrons. The lowest BCUT2D eigenvalue weighted by molar-refractivity contribution is 0.182. The van der Waals surface area contributed by atoms with Crippen LogP contribution in [-0.4, -0.2) is 27.3 Å². The van der Waals surface area contributed by atoms with E-state index in [1.807, 2.05) is 0 Å². The van der Waals surface area contributed by atoms with Crippen LogP contribution in [0.1, 0.15) is 23.6 Å². The van der Waals surface area contributed by atoms with Gasteiger partial charge in [0, 0.05) is 38.2 Å². The van der Waals surface area contributed by atoms with Gasteiger partial charge in [-0.2, -0.15) is 0 Å². The van der Waals surface area contributed by atoms with Gasteiger partial charge in [-0.1, -0.05) is 24.3 Å². The minimum atomic E-state index is 0. The first-order valence-corrected chi connectivity index (χ1v) is 7.93. The van der Waals surface area contributed by atoms with E-state index in [0.29, 0.717) is 6.04 Å². The average molecular weight is 333 g/mol. The number of nitrogens with one attached hydrogen (secondary N) is 1. The predicted octanol–water partition coefficient (Wildman–Crippen LogP) is 4.10. The summed E-state index contributed by atoms with van der Waals surface area (Å²) in [6, 6.07) is 17.7. The number of anilines is 2. The van der Waals surface area contributed by atoms with E-state index in [0.717, 1.165) is 26.0 Å². The van der Waals surface area contributed by atoms with Crippen molar-refractivity contribution in [1.82, 2.24) is 5.32 Å². The number of fused-ring (bicyclic) bond motifs is 1. The fraction of sp³-hybridized carbons (Fsp3) is 0.368. The first-order chi connectivity index (χ1) is 10.8. The van der Waals surface area contributed by atoms with Crippen LogP contribution in [0.25, 0.3) is 0 Å². The number of hydrogen-bond donors (Lipinski definition) is 1. The topological polar surface area (TPSA) is 24.5 Å². The molecule has 0 amide bonds. The highest BCUT2D eigenvalue weighted by molar-refractivity contribution is 5.85. The third-order valence-electron chi connectivity index (χ3n) is 4.43. The van der Waals surface area contributed by atoms with Crippen LogP contribution in [0.4, 0.5) is 11.4 Å². The van der Waals surface area contributed by atoms with Crippen molar-refractivity contribution < 1.29 is 4.74 Å². The number of benzene rings is 2. The number of rotatable bonds is 5. The number of ether oxygens (including phenoxy) is 1. The molecule has 124 valence electrons. The van der Waals surface area contributed by atoms with E-state index in [9.17, 15) is 0 Å². The summed E-state index contributed by atoms with van der Waals surface area (Å²) < 4.78 is 5.26. The Morgan fingerprint density at radius 1 is 1.13 bits per heavy atom. The zero-order valence-electron chi connectivity index (χ0n) is 13.8.